The lowest BCUT2D eigenvalue weighted by atomic mass is 9.78. The van der Waals surface area contributed by atoms with Crippen molar-refractivity contribution < 1.29 is 9.53 Å². The topological polar surface area (TPSA) is 26.3 Å². The molecule has 108 valence electrons. The lowest BCUT2D eigenvalue weighted by Crippen LogP contribution is -2.23. The van der Waals surface area contributed by atoms with Crippen molar-refractivity contribution in [2.75, 3.05) is 0 Å². The van der Waals surface area contributed by atoms with E-state index in [0.717, 1.165) is 23.3 Å². The summed E-state index contributed by atoms with van der Waals surface area (Å²) in [5.41, 5.74) is 1.07. The van der Waals surface area contributed by atoms with E-state index in [4.69, 9.17) is 4.74 Å². The SMILES string of the molecule is CCC1CC2CC(CC(=O)OCc3ccccc3)C1C2. The van der Waals surface area contributed by atoms with Gasteiger partial charge in [0.15, 0.2) is 0 Å². The highest BCUT2D eigenvalue weighted by molar-refractivity contribution is 5.69. The highest BCUT2D eigenvalue weighted by Gasteiger charge is 2.45. The lowest BCUT2D eigenvalue weighted by molar-refractivity contribution is -0.146. The van der Waals surface area contributed by atoms with Gasteiger partial charge in [-0.2, -0.15) is 0 Å². The summed E-state index contributed by atoms with van der Waals surface area (Å²) >= 11 is 0. The summed E-state index contributed by atoms with van der Waals surface area (Å²) < 4.78 is 5.43. The molecule has 4 unspecified atom stereocenters. The average molecular weight is 272 g/mol. The quantitative estimate of drug-likeness (QED) is 0.751. The van der Waals surface area contributed by atoms with Crippen LogP contribution in [0.1, 0.15) is 44.6 Å². The van der Waals surface area contributed by atoms with Gasteiger partial charge < -0.3 is 4.74 Å². The van der Waals surface area contributed by atoms with Crippen LogP contribution in [0.3, 0.4) is 0 Å². The van der Waals surface area contributed by atoms with Crippen LogP contribution in [0.5, 0.6) is 0 Å². The Balaban J connectivity index is 1.48. The van der Waals surface area contributed by atoms with Crippen LogP contribution in [0.15, 0.2) is 30.3 Å². The first kappa shape index (κ1) is 13.7. The molecule has 0 saturated heterocycles. The van der Waals surface area contributed by atoms with Gasteiger partial charge in [0.1, 0.15) is 6.61 Å². The normalized spacial score (nSPS) is 31.4. The molecule has 1 aromatic rings. The minimum Gasteiger partial charge on any atom is -0.461 e. The summed E-state index contributed by atoms with van der Waals surface area (Å²) in [7, 11) is 0. The molecular formula is C18H24O2. The van der Waals surface area contributed by atoms with Crippen molar-refractivity contribution in [1.82, 2.24) is 0 Å². The van der Waals surface area contributed by atoms with E-state index >= 15 is 0 Å². The van der Waals surface area contributed by atoms with E-state index in [1.165, 1.54) is 25.7 Å². The predicted octanol–water partition coefficient (Wildman–Crippen LogP) is 4.19. The van der Waals surface area contributed by atoms with Crippen molar-refractivity contribution in [3.05, 3.63) is 35.9 Å². The first-order valence-corrected chi connectivity index (χ1v) is 7.95. The average Bonchev–Trinajstić information content (AvgIpc) is 3.05. The zero-order valence-corrected chi connectivity index (χ0v) is 12.3. The molecule has 2 aliphatic rings. The van der Waals surface area contributed by atoms with Gasteiger partial charge in [-0.05, 0) is 48.5 Å². The number of hydrogen-bond acceptors (Lipinski definition) is 2. The maximum atomic E-state index is 12.0. The molecule has 0 amide bonds. The van der Waals surface area contributed by atoms with Crippen molar-refractivity contribution >= 4 is 5.97 Å². The molecule has 2 fully saturated rings. The Kier molecular flexibility index (Phi) is 4.09. The van der Waals surface area contributed by atoms with Crippen LogP contribution in [0, 0.1) is 23.7 Å². The smallest absolute Gasteiger partial charge is 0.306 e. The van der Waals surface area contributed by atoms with Crippen molar-refractivity contribution in [1.29, 1.82) is 0 Å². The first-order valence-electron chi connectivity index (χ1n) is 7.95. The molecule has 4 atom stereocenters. The third-order valence-electron chi connectivity index (χ3n) is 5.28. The molecule has 0 N–H and O–H groups in total. The summed E-state index contributed by atoms with van der Waals surface area (Å²) in [5.74, 6) is 3.11. The monoisotopic (exact) mass is 272 g/mol. The Morgan fingerprint density at radius 1 is 1.15 bits per heavy atom. The molecule has 3 rings (SSSR count). The standard InChI is InChI=1S/C18H24O2/c1-2-15-8-14-9-16(17(15)10-14)11-18(19)20-12-13-6-4-3-5-7-13/h3-7,14-17H,2,8-12H2,1H3. The number of rotatable bonds is 5. The van der Waals surface area contributed by atoms with Gasteiger partial charge in [-0.15, -0.1) is 0 Å². The summed E-state index contributed by atoms with van der Waals surface area (Å²) in [5, 5.41) is 0. The maximum Gasteiger partial charge on any atom is 0.306 e. The number of hydrogen-bond donors (Lipinski definition) is 0. The van der Waals surface area contributed by atoms with E-state index in [-0.39, 0.29) is 5.97 Å². The Morgan fingerprint density at radius 2 is 1.90 bits per heavy atom. The predicted molar refractivity (Wildman–Crippen MR) is 79.0 cm³/mol. The number of esters is 1. The third-order valence-corrected chi connectivity index (χ3v) is 5.28. The molecule has 2 heteroatoms. The van der Waals surface area contributed by atoms with Crippen LogP contribution in [0.25, 0.3) is 0 Å². The van der Waals surface area contributed by atoms with E-state index in [2.05, 4.69) is 6.92 Å². The van der Waals surface area contributed by atoms with Crippen LogP contribution in [0.4, 0.5) is 0 Å². The van der Waals surface area contributed by atoms with E-state index in [1.54, 1.807) is 0 Å². The molecule has 0 radical (unpaired) electrons. The molecule has 0 aromatic heterocycles. The van der Waals surface area contributed by atoms with Crippen molar-refractivity contribution in [2.24, 2.45) is 23.7 Å². The van der Waals surface area contributed by atoms with Crippen molar-refractivity contribution in [3.8, 4) is 0 Å². The van der Waals surface area contributed by atoms with E-state index < -0.39 is 0 Å². The molecular weight excluding hydrogens is 248 g/mol. The second-order valence-electron chi connectivity index (χ2n) is 6.52. The number of carbonyl (C=O) groups excluding carboxylic acids is 1. The molecule has 2 bridgehead atoms. The van der Waals surface area contributed by atoms with Gasteiger partial charge in [0, 0.05) is 6.42 Å². The zero-order valence-electron chi connectivity index (χ0n) is 12.3. The van der Waals surface area contributed by atoms with E-state index in [9.17, 15) is 4.79 Å². The van der Waals surface area contributed by atoms with Gasteiger partial charge >= 0.3 is 5.97 Å². The molecule has 2 saturated carbocycles. The number of benzene rings is 1. The second-order valence-corrected chi connectivity index (χ2v) is 6.52. The van der Waals surface area contributed by atoms with Crippen LogP contribution in [0.2, 0.25) is 0 Å². The Labute approximate surface area is 121 Å². The Morgan fingerprint density at radius 3 is 2.60 bits per heavy atom. The summed E-state index contributed by atoms with van der Waals surface area (Å²) in [6.07, 6.45) is 5.91. The highest BCUT2D eigenvalue weighted by Crippen LogP contribution is 2.53. The zero-order chi connectivity index (χ0) is 13.9. The number of carbonyl (C=O) groups is 1. The summed E-state index contributed by atoms with van der Waals surface area (Å²) in [4.78, 5) is 12.0. The van der Waals surface area contributed by atoms with Crippen LogP contribution in [-0.4, -0.2) is 5.97 Å². The van der Waals surface area contributed by atoms with Gasteiger partial charge in [-0.3, -0.25) is 4.79 Å². The largest absolute Gasteiger partial charge is 0.461 e. The van der Waals surface area contributed by atoms with Crippen molar-refractivity contribution in [3.63, 3.8) is 0 Å². The fraction of sp³-hybridized carbons (Fsp3) is 0.611. The molecule has 20 heavy (non-hydrogen) atoms. The minimum atomic E-state index is -0.0127. The fourth-order valence-electron chi connectivity index (χ4n) is 4.36. The molecule has 2 aliphatic carbocycles. The molecule has 0 aliphatic heterocycles. The first-order chi connectivity index (χ1) is 9.76. The maximum absolute atomic E-state index is 12.0. The van der Waals surface area contributed by atoms with Gasteiger partial charge in [0.05, 0.1) is 0 Å². The van der Waals surface area contributed by atoms with E-state index in [1.807, 2.05) is 30.3 Å². The Hall–Kier alpha value is -1.31. The van der Waals surface area contributed by atoms with Crippen LogP contribution in [-0.2, 0) is 16.1 Å². The van der Waals surface area contributed by atoms with Crippen LogP contribution >= 0.6 is 0 Å². The number of ether oxygens (including phenoxy) is 1. The summed E-state index contributed by atoms with van der Waals surface area (Å²) in [6, 6.07) is 9.93. The van der Waals surface area contributed by atoms with Gasteiger partial charge in [0.25, 0.3) is 0 Å². The van der Waals surface area contributed by atoms with Gasteiger partial charge in [0.2, 0.25) is 0 Å². The third kappa shape index (κ3) is 2.89. The number of fused-ring (bicyclic) bond motifs is 2. The molecule has 0 heterocycles. The molecule has 1 aromatic carbocycles. The lowest BCUT2D eigenvalue weighted by Gasteiger charge is -2.28. The minimum absolute atomic E-state index is 0.0127. The Bertz CT molecular complexity index is 454. The van der Waals surface area contributed by atoms with E-state index in [0.29, 0.717) is 18.9 Å². The second kappa shape index (κ2) is 5.99. The van der Waals surface area contributed by atoms with Gasteiger partial charge in [-0.1, -0.05) is 43.7 Å². The highest BCUT2D eigenvalue weighted by atomic mass is 16.5. The van der Waals surface area contributed by atoms with Crippen molar-refractivity contribution in [2.45, 2.75) is 45.6 Å². The molecule has 0 spiro atoms. The summed E-state index contributed by atoms with van der Waals surface area (Å²) in [6.45, 7) is 2.70. The van der Waals surface area contributed by atoms with Gasteiger partial charge in [-0.25, -0.2) is 0 Å². The fourth-order valence-corrected chi connectivity index (χ4v) is 4.36. The van der Waals surface area contributed by atoms with Crippen LogP contribution < -0.4 is 0 Å². The molecule has 2 nitrogen and oxygen atoms in total.